The predicted octanol–water partition coefficient (Wildman–Crippen LogP) is 7.60. The molecule has 194 valence electrons. The topological polar surface area (TPSA) is 55.4 Å². The van der Waals surface area contributed by atoms with E-state index >= 15 is 0 Å². The fraction of sp³-hybridized carbons (Fsp3) is 0.692. The Kier molecular flexibility index (Phi) is 14.5. The third-order valence-corrected chi connectivity index (χ3v) is 5.74. The molecule has 8 heteroatoms. The van der Waals surface area contributed by atoms with Crippen LogP contribution in [0.3, 0.4) is 0 Å². The molecule has 0 saturated carbocycles. The van der Waals surface area contributed by atoms with E-state index in [1.54, 1.807) is 0 Å². The van der Waals surface area contributed by atoms with Gasteiger partial charge in [-0.05, 0) is 25.5 Å². The van der Waals surface area contributed by atoms with Gasteiger partial charge in [-0.2, -0.15) is 13.2 Å². The maximum absolute atomic E-state index is 13.9. The predicted molar refractivity (Wildman–Crippen MR) is 125 cm³/mol. The highest BCUT2D eigenvalue weighted by Gasteiger charge is 2.37. The Bertz CT molecular complexity index is 737. The first kappa shape index (κ1) is 29.9. The van der Waals surface area contributed by atoms with Crippen LogP contribution in [-0.4, -0.2) is 24.5 Å². The quantitative estimate of drug-likeness (QED) is 0.139. The van der Waals surface area contributed by atoms with Gasteiger partial charge < -0.3 is 10.1 Å². The second-order valence-electron chi connectivity index (χ2n) is 8.77. The van der Waals surface area contributed by atoms with Gasteiger partial charge in [0.25, 0.3) is 5.91 Å². The molecule has 1 aromatic carbocycles. The number of hydrogen-bond donors (Lipinski definition) is 1. The lowest BCUT2D eigenvalue weighted by atomic mass is 10.0. The summed E-state index contributed by atoms with van der Waals surface area (Å²) in [4.78, 5) is 24.2. The lowest BCUT2D eigenvalue weighted by Crippen LogP contribution is -2.40. The fourth-order valence-corrected chi connectivity index (χ4v) is 3.74. The Morgan fingerprint density at radius 1 is 0.882 bits per heavy atom. The molecule has 0 aliphatic rings. The third kappa shape index (κ3) is 11.8. The van der Waals surface area contributed by atoms with Crippen LogP contribution in [0.2, 0.25) is 0 Å². The molecule has 1 rings (SSSR count). The molecule has 0 aliphatic heterocycles. The summed E-state index contributed by atoms with van der Waals surface area (Å²) >= 11 is 0. The Labute approximate surface area is 200 Å². The average molecular weight is 490 g/mol. The first-order valence-electron chi connectivity index (χ1n) is 12.5. The second kappa shape index (κ2) is 16.5. The molecule has 34 heavy (non-hydrogen) atoms. The highest BCUT2D eigenvalue weighted by molar-refractivity contribution is 5.98. The number of carbonyl (C=O) groups is 2. The molecule has 0 spiro atoms. The van der Waals surface area contributed by atoms with E-state index in [0.717, 1.165) is 31.4 Å². The Morgan fingerprint density at radius 2 is 1.38 bits per heavy atom. The molecule has 0 aliphatic carbocycles. The zero-order valence-corrected chi connectivity index (χ0v) is 20.4. The Balaban J connectivity index is 2.19. The Hall–Kier alpha value is -2.12. The molecule has 1 N–H and O–H groups in total. The molecule has 0 bridgehead atoms. The van der Waals surface area contributed by atoms with Crippen LogP contribution in [0.25, 0.3) is 0 Å². The van der Waals surface area contributed by atoms with Crippen molar-refractivity contribution in [1.82, 2.24) is 5.32 Å². The zero-order chi connectivity index (χ0) is 25.4. The van der Waals surface area contributed by atoms with E-state index in [1.807, 2.05) is 0 Å². The van der Waals surface area contributed by atoms with Crippen molar-refractivity contribution in [2.45, 2.75) is 110 Å². The third-order valence-electron chi connectivity index (χ3n) is 5.74. The van der Waals surface area contributed by atoms with E-state index in [0.29, 0.717) is 12.5 Å². The van der Waals surface area contributed by atoms with Gasteiger partial charge in [-0.3, -0.25) is 4.79 Å². The number of benzene rings is 1. The van der Waals surface area contributed by atoms with Gasteiger partial charge in [-0.15, -0.1) is 0 Å². The van der Waals surface area contributed by atoms with Crippen molar-refractivity contribution in [2.75, 3.05) is 6.61 Å². The minimum absolute atomic E-state index is 0.171. The second-order valence-corrected chi connectivity index (χ2v) is 8.77. The van der Waals surface area contributed by atoms with E-state index in [1.165, 1.54) is 64.7 Å². The molecule has 0 radical (unpaired) electrons. The summed E-state index contributed by atoms with van der Waals surface area (Å²) in [6.07, 6.45) is 10.5. The highest BCUT2D eigenvalue weighted by atomic mass is 19.4. The first-order chi connectivity index (χ1) is 16.2. The monoisotopic (exact) mass is 489 g/mol. The smallest absolute Gasteiger partial charge is 0.417 e. The maximum atomic E-state index is 13.9. The molecule has 4 nitrogen and oxygen atoms in total. The molecule has 0 saturated heterocycles. The number of rotatable bonds is 17. The summed E-state index contributed by atoms with van der Waals surface area (Å²) in [5.74, 6) is -3.38. The van der Waals surface area contributed by atoms with Gasteiger partial charge in [-0.1, -0.05) is 90.0 Å². The number of hydrogen-bond acceptors (Lipinski definition) is 3. The van der Waals surface area contributed by atoms with Crippen molar-refractivity contribution in [3.63, 3.8) is 0 Å². The van der Waals surface area contributed by atoms with Crippen LogP contribution in [0.1, 0.15) is 113 Å². The summed E-state index contributed by atoms with van der Waals surface area (Å²) in [7, 11) is 0. The standard InChI is InChI=1S/C26H39F4NO3/c1-3-4-5-6-7-8-9-10-11-12-13-14-15-19-34-25(33)20(2)31-24(32)23-21(26(28,29)30)17-16-18-22(23)27/h16-18,20H,3-15,19H2,1-2H3,(H,31,32). The Morgan fingerprint density at radius 3 is 1.88 bits per heavy atom. The van der Waals surface area contributed by atoms with Crippen LogP contribution >= 0.6 is 0 Å². The van der Waals surface area contributed by atoms with E-state index in [-0.39, 0.29) is 6.61 Å². The van der Waals surface area contributed by atoms with Crippen molar-refractivity contribution in [3.8, 4) is 0 Å². The van der Waals surface area contributed by atoms with Crippen LogP contribution in [0.5, 0.6) is 0 Å². The van der Waals surface area contributed by atoms with Gasteiger partial charge in [0, 0.05) is 0 Å². The van der Waals surface area contributed by atoms with Gasteiger partial charge in [0.1, 0.15) is 11.9 Å². The number of halogens is 4. The minimum atomic E-state index is -4.90. The number of carbonyl (C=O) groups excluding carboxylic acids is 2. The molecule has 1 atom stereocenters. The van der Waals surface area contributed by atoms with Crippen molar-refractivity contribution < 1.29 is 31.9 Å². The van der Waals surface area contributed by atoms with Gasteiger partial charge in [0.2, 0.25) is 0 Å². The average Bonchev–Trinajstić information content (AvgIpc) is 2.78. The molecule has 0 aromatic heterocycles. The minimum Gasteiger partial charge on any atom is -0.464 e. The van der Waals surface area contributed by atoms with E-state index in [2.05, 4.69) is 12.2 Å². The van der Waals surface area contributed by atoms with E-state index in [4.69, 9.17) is 4.74 Å². The largest absolute Gasteiger partial charge is 0.464 e. The van der Waals surface area contributed by atoms with Crippen molar-refractivity contribution >= 4 is 11.9 Å². The summed E-state index contributed by atoms with van der Waals surface area (Å²) < 4.78 is 58.2. The molecule has 1 unspecified atom stereocenters. The molecular formula is C26H39F4NO3. The van der Waals surface area contributed by atoms with E-state index in [9.17, 15) is 27.2 Å². The van der Waals surface area contributed by atoms with Crippen LogP contribution in [0.15, 0.2) is 18.2 Å². The van der Waals surface area contributed by atoms with Gasteiger partial charge in [-0.25, -0.2) is 9.18 Å². The van der Waals surface area contributed by atoms with Crippen molar-refractivity contribution in [2.24, 2.45) is 0 Å². The number of nitrogens with one attached hydrogen (secondary N) is 1. The number of ether oxygens (including phenoxy) is 1. The van der Waals surface area contributed by atoms with Crippen molar-refractivity contribution in [3.05, 3.63) is 35.1 Å². The maximum Gasteiger partial charge on any atom is 0.417 e. The lowest BCUT2D eigenvalue weighted by Gasteiger charge is -2.16. The highest BCUT2D eigenvalue weighted by Crippen LogP contribution is 2.33. The van der Waals surface area contributed by atoms with Gasteiger partial charge >= 0.3 is 12.1 Å². The SMILES string of the molecule is CCCCCCCCCCCCCCCOC(=O)C(C)NC(=O)c1c(F)cccc1C(F)(F)F. The van der Waals surface area contributed by atoms with E-state index < -0.39 is 41.0 Å². The summed E-state index contributed by atoms with van der Waals surface area (Å²) in [5, 5.41) is 2.10. The van der Waals surface area contributed by atoms with Gasteiger partial charge in [0.15, 0.2) is 0 Å². The molecule has 0 fully saturated rings. The number of unbranched alkanes of at least 4 members (excludes halogenated alkanes) is 12. The van der Waals surface area contributed by atoms with Crippen molar-refractivity contribution in [1.29, 1.82) is 0 Å². The molecular weight excluding hydrogens is 450 g/mol. The summed E-state index contributed by atoms with van der Waals surface area (Å²) in [6, 6.07) is 1.06. The summed E-state index contributed by atoms with van der Waals surface area (Å²) in [6.45, 7) is 3.68. The van der Waals surface area contributed by atoms with Crippen LogP contribution in [0, 0.1) is 5.82 Å². The number of amides is 1. The van der Waals surface area contributed by atoms with Crippen LogP contribution < -0.4 is 5.32 Å². The first-order valence-corrected chi connectivity index (χ1v) is 12.5. The van der Waals surface area contributed by atoms with Crippen LogP contribution in [0.4, 0.5) is 17.6 Å². The molecule has 1 amide bonds. The lowest BCUT2D eigenvalue weighted by molar-refractivity contribution is -0.145. The number of esters is 1. The number of alkyl halides is 3. The summed E-state index contributed by atoms with van der Waals surface area (Å²) in [5.41, 5.74) is -2.52. The molecule has 0 heterocycles. The van der Waals surface area contributed by atoms with Crippen LogP contribution in [-0.2, 0) is 15.7 Å². The zero-order valence-electron chi connectivity index (χ0n) is 20.4. The molecule has 1 aromatic rings. The normalized spacial score (nSPS) is 12.4. The fourth-order valence-electron chi connectivity index (χ4n) is 3.74. The van der Waals surface area contributed by atoms with Gasteiger partial charge in [0.05, 0.1) is 17.7 Å².